The molecule has 0 saturated carbocycles. The summed E-state index contributed by atoms with van der Waals surface area (Å²) in [6.07, 6.45) is 1.76. The number of carbonyl (C=O) groups is 2. The van der Waals surface area contributed by atoms with Gasteiger partial charge in [-0.1, -0.05) is 6.92 Å². The van der Waals surface area contributed by atoms with Gasteiger partial charge in [-0.3, -0.25) is 9.59 Å². The maximum Gasteiger partial charge on any atom is 0.311 e. The molecule has 2 rings (SSSR count). The number of thiazole rings is 2. The molecule has 0 aliphatic rings. The van der Waals surface area contributed by atoms with Crippen LogP contribution in [0.1, 0.15) is 30.2 Å². The molecule has 0 bridgehead atoms. The van der Waals surface area contributed by atoms with Gasteiger partial charge in [0, 0.05) is 16.5 Å². The van der Waals surface area contributed by atoms with Crippen molar-refractivity contribution in [3.05, 3.63) is 27.2 Å². The van der Waals surface area contributed by atoms with Gasteiger partial charge in [0.25, 0.3) is 0 Å². The van der Waals surface area contributed by atoms with Crippen LogP contribution in [0.2, 0.25) is 0 Å². The summed E-state index contributed by atoms with van der Waals surface area (Å²) in [5.41, 5.74) is 1.75. The Morgan fingerprint density at radius 1 is 1.32 bits per heavy atom. The number of carbonyl (C=O) groups excluding carboxylic acids is 2. The highest BCUT2D eigenvalue weighted by atomic mass is 32.1. The number of aromatic nitrogens is 2. The summed E-state index contributed by atoms with van der Waals surface area (Å²) in [6.45, 7) is 6.26. The molecule has 0 unspecified atom stereocenters. The predicted octanol–water partition coefficient (Wildman–Crippen LogP) is 2.83. The number of amides is 1. The molecule has 22 heavy (non-hydrogen) atoms. The van der Waals surface area contributed by atoms with Crippen molar-refractivity contribution in [3.8, 4) is 0 Å². The number of aryl methyl sites for hydroxylation is 2. The molecule has 2 heterocycles. The minimum absolute atomic E-state index is 0.144. The molecule has 1 amide bonds. The third-order valence-electron chi connectivity index (χ3n) is 2.33. The molecule has 0 saturated heterocycles. The van der Waals surface area contributed by atoms with Gasteiger partial charge < -0.3 is 10.1 Å². The molecule has 0 fully saturated rings. The smallest absolute Gasteiger partial charge is 0.311 e. The molecule has 0 aliphatic carbocycles. The topological polar surface area (TPSA) is 81.2 Å². The number of hydrogen-bond acceptors (Lipinski definition) is 7. The van der Waals surface area contributed by atoms with E-state index in [0.29, 0.717) is 23.8 Å². The van der Waals surface area contributed by atoms with E-state index in [1.807, 2.05) is 6.92 Å². The number of nitrogens with one attached hydrogen (secondary N) is 1. The van der Waals surface area contributed by atoms with Gasteiger partial charge in [-0.15, -0.1) is 22.7 Å². The second-order valence-corrected chi connectivity index (χ2v) is 5.92. The fourth-order valence-electron chi connectivity index (χ4n) is 1.43. The Labute approximate surface area is 137 Å². The van der Waals surface area contributed by atoms with Crippen LogP contribution in [0.4, 0.5) is 5.13 Å². The van der Waals surface area contributed by atoms with E-state index in [0.717, 1.165) is 12.1 Å². The molecule has 2 aromatic rings. The summed E-state index contributed by atoms with van der Waals surface area (Å²) in [5, 5.41) is 7.93. The molecule has 0 aliphatic heterocycles. The molecule has 120 valence electrons. The van der Waals surface area contributed by atoms with Crippen LogP contribution in [-0.2, 0) is 27.2 Å². The van der Waals surface area contributed by atoms with E-state index in [9.17, 15) is 9.59 Å². The van der Waals surface area contributed by atoms with Crippen molar-refractivity contribution >= 4 is 40.2 Å². The Balaban J connectivity index is 0.000000255. The predicted molar refractivity (Wildman–Crippen MR) is 88.4 cm³/mol. The Kier molecular flexibility index (Phi) is 8.31. The molecular weight excluding hydrogens is 322 g/mol. The molecule has 8 heteroatoms. The van der Waals surface area contributed by atoms with Gasteiger partial charge in [0.2, 0.25) is 6.41 Å². The summed E-state index contributed by atoms with van der Waals surface area (Å²) in [6, 6.07) is 0. The van der Waals surface area contributed by atoms with Crippen molar-refractivity contribution in [1.29, 1.82) is 0 Å². The summed E-state index contributed by atoms with van der Waals surface area (Å²) in [4.78, 5) is 29.3. The zero-order valence-corrected chi connectivity index (χ0v) is 14.4. The van der Waals surface area contributed by atoms with Crippen LogP contribution in [0.25, 0.3) is 0 Å². The molecule has 1 N–H and O–H groups in total. The van der Waals surface area contributed by atoms with E-state index in [1.54, 1.807) is 23.6 Å². The van der Waals surface area contributed by atoms with Crippen molar-refractivity contribution < 1.29 is 14.3 Å². The SMILES string of the molecule is CCOC(=O)Cc1csc(NC=O)n1.CCc1nc(C)cs1. The average Bonchev–Trinajstić information content (AvgIpc) is 3.09. The van der Waals surface area contributed by atoms with E-state index < -0.39 is 0 Å². The molecule has 0 spiro atoms. The lowest BCUT2D eigenvalue weighted by Crippen LogP contribution is -2.07. The normalized spacial score (nSPS) is 9.59. The van der Waals surface area contributed by atoms with Crippen molar-refractivity contribution in [2.24, 2.45) is 0 Å². The van der Waals surface area contributed by atoms with Gasteiger partial charge in [0.1, 0.15) is 0 Å². The first-order valence-corrected chi connectivity index (χ1v) is 8.56. The maximum absolute atomic E-state index is 11.0. The van der Waals surface area contributed by atoms with Crippen LogP contribution in [-0.4, -0.2) is 29.0 Å². The maximum atomic E-state index is 11.0. The molecule has 6 nitrogen and oxygen atoms in total. The van der Waals surface area contributed by atoms with Crippen LogP contribution >= 0.6 is 22.7 Å². The molecule has 0 atom stereocenters. The summed E-state index contributed by atoms with van der Waals surface area (Å²) in [7, 11) is 0. The first-order chi connectivity index (χ1) is 10.6. The van der Waals surface area contributed by atoms with Crippen molar-refractivity contribution in [2.45, 2.75) is 33.6 Å². The second kappa shape index (κ2) is 10.0. The van der Waals surface area contributed by atoms with Crippen LogP contribution in [0.3, 0.4) is 0 Å². The zero-order valence-electron chi connectivity index (χ0n) is 12.8. The summed E-state index contributed by atoms with van der Waals surface area (Å²) < 4.78 is 4.75. The lowest BCUT2D eigenvalue weighted by atomic mass is 10.3. The monoisotopic (exact) mass is 341 g/mol. The molecule has 0 aromatic carbocycles. The Morgan fingerprint density at radius 3 is 2.59 bits per heavy atom. The number of ether oxygens (including phenoxy) is 1. The van der Waals surface area contributed by atoms with Crippen LogP contribution in [0.5, 0.6) is 0 Å². The van der Waals surface area contributed by atoms with E-state index in [1.165, 1.54) is 16.3 Å². The van der Waals surface area contributed by atoms with Crippen LogP contribution < -0.4 is 5.32 Å². The molecular formula is C14H19N3O3S2. The first kappa shape index (κ1) is 18.2. The van der Waals surface area contributed by atoms with Gasteiger partial charge in [-0.25, -0.2) is 9.97 Å². The lowest BCUT2D eigenvalue weighted by Gasteiger charge is -1.97. The van der Waals surface area contributed by atoms with Gasteiger partial charge in [-0.05, 0) is 20.3 Å². The number of hydrogen-bond donors (Lipinski definition) is 1. The highest BCUT2D eigenvalue weighted by molar-refractivity contribution is 7.13. The lowest BCUT2D eigenvalue weighted by molar-refractivity contribution is -0.142. The fraction of sp³-hybridized carbons (Fsp3) is 0.429. The highest BCUT2D eigenvalue weighted by Gasteiger charge is 2.07. The zero-order chi connectivity index (χ0) is 16.4. The number of rotatable bonds is 6. The Morgan fingerprint density at radius 2 is 2.09 bits per heavy atom. The summed E-state index contributed by atoms with van der Waals surface area (Å²) in [5.74, 6) is -0.310. The Bertz CT molecular complexity index is 596. The van der Waals surface area contributed by atoms with E-state index in [4.69, 9.17) is 4.74 Å². The summed E-state index contributed by atoms with van der Waals surface area (Å²) >= 11 is 3.01. The Hall–Kier alpha value is -1.80. The van der Waals surface area contributed by atoms with Crippen LogP contribution in [0.15, 0.2) is 10.8 Å². The van der Waals surface area contributed by atoms with E-state index >= 15 is 0 Å². The third kappa shape index (κ3) is 6.77. The molecule has 0 radical (unpaired) electrons. The van der Waals surface area contributed by atoms with Crippen molar-refractivity contribution in [3.63, 3.8) is 0 Å². The van der Waals surface area contributed by atoms with Gasteiger partial charge in [0.05, 0.1) is 23.7 Å². The highest BCUT2D eigenvalue weighted by Crippen LogP contribution is 2.15. The van der Waals surface area contributed by atoms with Crippen LogP contribution in [0, 0.1) is 6.92 Å². The van der Waals surface area contributed by atoms with Gasteiger partial charge >= 0.3 is 5.97 Å². The average molecular weight is 341 g/mol. The minimum atomic E-state index is -0.310. The third-order valence-corrected chi connectivity index (χ3v) is 4.27. The second-order valence-electron chi connectivity index (χ2n) is 4.12. The number of esters is 1. The minimum Gasteiger partial charge on any atom is -0.466 e. The van der Waals surface area contributed by atoms with E-state index in [2.05, 4.69) is 27.6 Å². The largest absolute Gasteiger partial charge is 0.466 e. The first-order valence-electron chi connectivity index (χ1n) is 6.80. The van der Waals surface area contributed by atoms with Gasteiger partial charge in [0.15, 0.2) is 5.13 Å². The number of nitrogens with zero attached hydrogens (tertiary/aromatic N) is 2. The van der Waals surface area contributed by atoms with E-state index in [-0.39, 0.29) is 12.4 Å². The van der Waals surface area contributed by atoms with Crippen molar-refractivity contribution in [2.75, 3.05) is 11.9 Å². The standard InChI is InChI=1S/C8H10N2O3S.C6H9NS/c1-2-13-7(12)3-6-4-14-8(10-6)9-5-11;1-3-6-7-5(2)4-8-6/h4-5H,2-3H2,1H3,(H,9,10,11);4H,3H2,1-2H3. The molecule has 2 aromatic heterocycles. The fourth-order valence-corrected chi connectivity index (χ4v) is 2.82. The van der Waals surface area contributed by atoms with Gasteiger partial charge in [-0.2, -0.15) is 0 Å². The number of anilines is 1. The van der Waals surface area contributed by atoms with Crippen molar-refractivity contribution in [1.82, 2.24) is 9.97 Å². The quantitative estimate of drug-likeness (QED) is 0.645.